The number of nitrogens with one attached hydrogen (secondary N) is 3. The van der Waals surface area contributed by atoms with Gasteiger partial charge in [0.1, 0.15) is 5.82 Å². The van der Waals surface area contributed by atoms with Crippen LogP contribution in [0.4, 0.5) is 4.39 Å². The number of hydrogen-bond acceptors (Lipinski definition) is 3. The lowest BCUT2D eigenvalue weighted by molar-refractivity contribution is 0.0939. The lowest BCUT2D eigenvalue weighted by Gasteiger charge is -2.16. The molecule has 5 nitrogen and oxygen atoms in total. The summed E-state index contributed by atoms with van der Waals surface area (Å²) in [6, 6.07) is 3.69. The summed E-state index contributed by atoms with van der Waals surface area (Å²) in [6.45, 7) is 2.31. The molecule has 0 saturated carbocycles. The molecule has 1 rings (SSSR count). The topological polar surface area (TPSA) is 62.4 Å². The molecule has 110 valence electrons. The molecule has 0 spiro atoms. The van der Waals surface area contributed by atoms with Gasteiger partial charge in [-0.15, -0.1) is 0 Å². The van der Waals surface area contributed by atoms with Gasteiger partial charge < -0.3 is 10.1 Å². The molecule has 8 heteroatoms. The molecular formula is C12H15ClFN3O2S. The highest BCUT2D eigenvalue weighted by Gasteiger charge is 2.12. The Kier molecular flexibility index (Phi) is 6.63. The lowest BCUT2D eigenvalue weighted by Crippen LogP contribution is -2.50. The van der Waals surface area contributed by atoms with Crippen molar-refractivity contribution in [3.05, 3.63) is 34.6 Å². The zero-order valence-electron chi connectivity index (χ0n) is 11.0. The lowest BCUT2D eigenvalue weighted by atomic mass is 10.2. The van der Waals surface area contributed by atoms with Gasteiger partial charge in [0.2, 0.25) is 0 Å². The number of hydrogen-bond donors (Lipinski definition) is 3. The zero-order valence-corrected chi connectivity index (χ0v) is 12.6. The van der Waals surface area contributed by atoms with Crippen LogP contribution in [0.15, 0.2) is 18.2 Å². The quantitative estimate of drug-likeness (QED) is 0.581. The standard InChI is InChI=1S/C12H15ClFN3O2S/c1-7(6-19-2)15-12(20)17-16-11(18)9-5-8(13)3-4-10(9)14/h3-5,7H,6H2,1-2H3,(H,16,18)(H2,15,17,20)/t7-/m1/s1. The Balaban J connectivity index is 2.51. The molecule has 0 saturated heterocycles. The van der Waals surface area contributed by atoms with Crippen LogP contribution in [0.2, 0.25) is 5.02 Å². The van der Waals surface area contributed by atoms with Gasteiger partial charge in [0.05, 0.1) is 12.2 Å². The van der Waals surface area contributed by atoms with Crippen LogP contribution < -0.4 is 16.2 Å². The van der Waals surface area contributed by atoms with E-state index in [2.05, 4.69) is 16.2 Å². The first-order chi connectivity index (χ1) is 9.43. The SMILES string of the molecule is COC[C@@H](C)NC(=S)NNC(=O)c1cc(Cl)ccc1F. The molecule has 0 fully saturated rings. The Morgan fingerprint density at radius 2 is 2.20 bits per heavy atom. The van der Waals surface area contributed by atoms with E-state index in [1.165, 1.54) is 12.1 Å². The van der Waals surface area contributed by atoms with Crippen LogP contribution in [0, 0.1) is 5.82 Å². The third-order valence-electron chi connectivity index (χ3n) is 2.26. The maximum Gasteiger partial charge on any atom is 0.272 e. The van der Waals surface area contributed by atoms with E-state index < -0.39 is 11.7 Å². The molecule has 0 unspecified atom stereocenters. The van der Waals surface area contributed by atoms with Crippen molar-refractivity contribution in [3.8, 4) is 0 Å². The third kappa shape index (κ3) is 5.28. The Labute approximate surface area is 126 Å². The summed E-state index contributed by atoms with van der Waals surface area (Å²) >= 11 is 10.7. The first-order valence-electron chi connectivity index (χ1n) is 5.75. The minimum Gasteiger partial charge on any atom is -0.383 e. The summed E-state index contributed by atoms with van der Waals surface area (Å²) in [7, 11) is 1.57. The predicted octanol–water partition coefficient (Wildman–Crippen LogP) is 1.62. The van der Waals surface area contributed by atoms with Gasteiger partial charge in [-0.3, -0.25) is 15.6 Å². The number of methoxy groups -OCH3 is 1. The number of thiocarbonyl (C=S) groups is 1. The number of ether oxygens (including phenoxy) is 1. The van der Waals surface area contributed by atoms with Gasteiger partial charge in [0.25, 0.3) is 5.91 Å². The monoisotopic (exact) mass is 319 g/mol. The average Bonchev–Trinajstić information content (AvgIpc) is 2.39. The number of carbonyl (C=O) groups excluding carboxylic acids is 1. The van der Waals surface area contributed by atoms with Gasteiger partial charge in [-0.05, 0) is 37.3 Å². The van der Waals surface area contributed by atoms with Crippen molar-refractivity contribution < 1.29 is 13.9 Å². The summed E-state index contributed by atoms with van der Waals surface area (Å²) < 4.78 is 18.4. The summed E-state index contributed by atoms with van der Waals surface area (Å²) in [6.07, 6.45) is 0. The predicted molar refractivity (Wildman–Crippen MR) is 79.1 cm³/mol. The van der Waals surface area contributed by atoms with E-state index in [9.17, 15) is 9.18 Å². The number of rotatable bonds is 4. The van der Waals surface area contributed by atoms with Crippen LogP contribution in [0.1, 0.15) is 17.3 Å². The van der Waals surface area contributed by atoms with E-state index >= 15 is 0 Å². The fourth-order valence-electron chi connectivity index (χ4n) is 1.40. The molecule has 20 heavy (non-hydrogen) atoms. The fourth-order valence-corrected chi connectivity index (χ4v) is 1.83. The molecule has 0 radical (unpaired) electrons. The van der Waals surface area contributed by atoms with E-state index in [0.717, 1.165) is 6.07 Å². The largest absolute Gasteiger partial charge is 0.383 e. The summed E-state index contributed by atoms with van der Waals surface area (Å²) in [5, 5.41) is 3.34. The van der Waals surface area contributed by atoms with E-state index in [1.54, 1.807) is 7.11 Å². The maximum atomic E-state index is 13.4. The summed E-state index contributed by atoms with van der Waals surface area (Å²) in [4.78, 5) is 11.7. The normalized spacial score (nSPS) is 11.6. The van der Waals surface area contributed by atoms with E-state index in [4.69, 9.17) is 28.6 Å². The fraction of sp³-hybridized carbons (Fsp3) is 0.333. The van der Waals surface area contributed by atoms with Gasteiger partial charge in [-0.2, -0.15) is 0 Å². The van der Waals surface area contributed by atoms with Crippen molar-refractivity contribution in [1.82, 2.24) is 16.2 Å². The zero-order chi connectivity index (χ0) is 15.1. The molecule has 0 aliphatic rings. The molecule has 1 atom stereocenters. The second-order valence-corrected chi connectivity index (χ2v) is 4.88. The van der Waals surface area contributed by atoms with Crippen molar-refractivity contribution in [2.24, 2.45) is 0 Å². The number of carbonyl (C=O) groups is 1. The smallest absolute Gasteiger partial charge is 0.272 e. The van der Waals surface area contributed by atoms with Gasteiger partial charge in [0.15, 0.2) is 5.11 Å². The molecule has 3 N–H and O–H groups in total. The molecule has 0 aliphatic carbocycles. The highest BCUT2D eigenvalue weighted by molar-refractivity contribution is 7.80. The van der Waals surface area contributed by atoms with Crippen molar-refractivity contribution in [1.29, 1.82) is 0 Å². The maximum absolute atomic E-state index is 13.4. The summed E-state index contributed by atoms with van der Waals surface area (Å²) in [5.41, 5.74) is 4.59. The van der Waals surface area contributed by atoms with Gasteiger partial charge in [-0.1, -0.05) is 11.6 Å². The van der Waals surface area contributed by atoms with Crippen molar-refractivity contribution >= 4 is 34.8 Å². The minimum atomic E-state index is -0.673. The Morgan fingerprint density at radius 3 is 2.85 bits per heavy atom. The van der Waals surface area contributed by atoms with Crippen LogP contribution in [-0.2, 0) is 4.74 Å². The summed E-state index contributed by atoms with van der Waals surface area (Å²) in [5.74, 6) is -1.34. The van der Waals surface area contributed by atoms with Gasteiger partial charge in [-0.25, -0.2) is 4.39 Å². The van der Waals surface area contributed by atoms with Gasteiger partial charge in [0, 0.05) is 18.2 Å². The Hall–Kier alpha value is -1.44. The number of hydrazine groups is 1. The van der Waals surface area contributed by atoms with E-state index in [1.807, 2.05) is 6.92 Å². The van der Waals surface area contributed by atoms with Crippen LogP contribution in [0.3, 0.4) is 0 Å². The third-order valence-corrected chi connectivity index (χ3v) is 2.71. The molecule has 0 aromatic heterocycles. The number of amides is 1. The van der Waals surface area contributed by atoms with E-state index in [0.29, 0.717) is 6.61 Å². The molecule has 0 aliphatic heterocycles. The Morgan fingerprint density at radius 1 is 1.50 bits per heavy atom. The van der Waals surface area contributed by atoms with Crippen molar-refractivity contribution in [2.75, 3.05) is 13.7 Å². The molecule has 1 amide bonds. The number of halogens is 2. The van der Waals surface area contributed by atoms with Crippen molar-refractivity contribution in [3.63, 3.8) is 0 Å². The molecule has 0 bridgehead atoms. The minimum absolute atomic E-state index is 0.0280. The Bertz CT molecular complexity index is 502. The number of benzene rings is 1. The highest BCUT2D eigenvalue weighted by Crippen LogP contribution is 2.14. The van der Waals surface area contributed by atoms with E-state index in [-0.39, 0.29) is 21.7 Å². The van der Waals surface area contributed by atoms with Crippen LogP contribution >= 0.6 is 23.8 Å². The van der Waals surface area contributed by atoms with Crippen LogP contribution in [-0.4, -0.2) is 30.8 Å². The molecule has 1 aromatic rings. The van der Waals surface area contributed by atoms with Crippen LogP contribution in [0.5, 0.6) is 0 Å². The first kappa shape index (κ1) is 16.6. The average molecular weight is 320 g/mol. The van der Waals surface area contributed by atoms with Gasteiger partial charge >= 0.3 is 0 Å². The second-order valence-electron chi connectivity index (χ2n) is 4.03. The molecule has 1 aromatic carbocycles. The highest BCUT2D eigenvalue weighted by atomic mass is 35.5. The second kappa shape index (κ2) is 7.98. The van der Waals surface area contributed by atoms with Crippen LogP contribution in [0.25, 0.3) is 0 Å². The van der Waals surface area contributed by atoms with Crippen molar-refractivity contribution in [2.45, 2.75) is 13.0 Å². The first-order valence-corrected chi connectivity index (χ1v) is 6.53. The molecule has 0 heterocycles. The molecular weight excluding hydrogens is 305 g/mol.